The number of nitrogens with zero attached hydrogens (tertiary/aromatic N) is 2. The normalized spacial score (nSPS) is 12.6. The van der Waals surface area contributed by atoms with Gasteiger partial charge in [-0.15, -0.1) is 0 Å². The highest BCUT2D eigenvalue weighted by atomic mass is 15.3. The van der Waals surface area contributed by atoms with Crippen molar-refractivity contribution in [1.82, 2.24) is 15.1 Å². The molecule has 2 rings (SSSR count). The van der Waals surface area contributed by atoms with Gasteiger partial charge in [0.25, 0.3) is 0 Å². The Bertz CT molecular complexity index is 540. The third kappa shape index (κ3) is 3.48. The molecule has 1 heterocycles. The van der Waals surface area contributed by atoms with Crippen molar-refractivity contribution >= 4 is 0 Å². The first-order valence-corrected chi connectivity index (χ1v) is 7.41. The van der Waals surface area contributed by atoms with E-state index in [0.717, 1.165) is 13.0 Å². The quantitative estimate of drug-likeness (QED) is 0.871. The number of hydrogen-bond acceptors (Lipinski definition) is 2. The minimum atomic E-state index is 0.352. The van der Waals surface area contributed by atoms with Crippen LogP contribution in [0.2, 0.25) is 0 Å². The van der Waals surface area contributed by atoms with Gasteiger partial charge in [-0.3, -0.25) is 4.68 Å². The summed E-state index contributed by atoms with van der Waals surface area (Å²) in [6.07, 6.45) is 4.31. The van der Waals surface area contributed by atoms with Gasteiger partial charge in [-0.05, 0) is 31.4 Å². The van der Waals surface area contributed by atoms with Crippen molar-refractivity contribution in [2.24, 2.45) is 7.05 Å². The number of aryl methyl sites for hydroxylation is 2. The van der Waals surface area contributed by atoms with Crippen molar-refractivity contribution < 1.29 is 0 Å². The Labute approximate surface area is 122 Å². The molecule has 0 saturated carbocycles. The number of benzene rings is 1. The van der Waals surface area contributed by atoms with E-state index < -0.39 is 0 Å². The fourth-order valence-electron chi connectivity index (χ4n) is 2.36. The smallest absolute Gasteiger partial charge is 0.0537 e. The Balaban J connectivity index is 1.94. The molecule has 0 spiro atoms. The highest BCUT2D eigenvalue weighted by Crippen LogP contribution is 2.15. The summed E-state index contributed by atoms with van der Waals surface area (Å²) in [5.74, 6) is 0. The van der Waals surface area contributed by atoms with Gasteiger partial charge in [0, 0.05) is 30.9 Å². The van der Waals surface area contributed by atoms with Crippen molar-refractivity contribution in [1.29, 1.82) is 0 Å². The Morgan fingerprint density at radius 1 is 1.25 bits per heavy atom. The van der Waals surface area contributed by atoms with Crippen molar-refractivity contribution in [2.45, 2.75) is 46.2 Å². The number of nitrogens with one attached hydrogen (secondary N) is 1. The topological polar surface area (TPSA) is 29.9 Å². The second-order valence-electron chi connectivity index (χ2n) is 5.47. The Kier molecular flexibility index (Phi) is 4.96. The standard InChI is InChI=1S/C17H25N3/c1-5-6-15-7-9-16(10-8-15)13(2)18-11-17-12-19-20(4)14(17)3/h7-10,12-13,18H,5-6,11H2,1-4H3. The monoisotopic (exact) mass is 271 g/mol. The Hall–Kier alpha value is -1.61. The van der Waals surface area contributed by atoms with Crippen LogP contribution in [0, 0.1) is 6.92 Å². The largest absolute Gasteiger partial charge is 0.306 e. The molecule has 0 aliphatic rings. The molecule has 3 heteroatoms. The lowest BCUT2D eigenvalue weighted by atomic mass is 10.0. The molecule has 0 saturated heterocycles. The van der Waals surface area contributed by atoms with Crippen LogP contribution in [0.1, 0.15) is 48.7 Å². The molecule has 2 aromatic rings. The van der Waals surface area contributed by atoms with Gasteiger partial charge < -0.3 is 5.32 Å². The van der Waals surface area contributed by atoms with Crippen LogP contribution in [0.15, 0.2) is 30.5 Å². The van der Waals surface area contributed by atoms with Crippen LogP contribution in [0.3, 0.4) is 0 Å². The molecule has 20 heavy (non-hydrogen) atoms. The van der Waals surface area contributed by atoms with E-state index in [9.17, 15) is 0 Å². The van der Waals surface area contributed by atoms with Crippen LogP contribution >= 0.6 is 0 Å². The van der Waals surface area contributed by atoms with Crippen molar-refractivity contribution in [2.75, 3.05) is 0 Å². The van der Waals surface area contributed by atoms with Crippen LogP contribution in [0.25, 0.3) is 0 Å². The van der Waals surface area contributed by atoms with E-state index >= 15 is 0 Å². The molecule has 3 nitrogen and oxygen atoms in total. The van der Waals surface area contributed by atoms with Gasteiger partial charge in [0.1, 0.15) is 0 Å². The summed E-state index contributed by atoms with van der Waals surface area (Å²) in [4.78, 5) is 0. The van der Waals surface area contributed by atoms with Crippen LogP contribution in [0.5, 0.6) is 0 Å². The van der Waals surface area contributed by atoms with Gasteiger partial charge in [0.15, 0.2) is 0 Å². The zero-order valence-electron chi connectivity index (χ0n) is 13.0. The lowest BCUT2D eigenvalue weighted by Crippen LogP contribution is -2.18. The molecule has 1 unspecified atom stereocenters. The van der Waals surface area contributed by atoms with Crippen molar-refractivity contribution in [3.05, 3.63) is 52.8 Å². The summed E-state index contributed by atoms with van der Waals surface area (Å²) in [7, 11) is 1.98. The molecule has 0 aliphatic heterocycles. The van der Waals surface area contributed by atoms with E-state index in [-0.39, 0.29) is 0 Å². The highest BCUT2D eigenvalue weighted by molar-refractivity contribution is 5.25. The first-order chi connectivity index (χ1) is 9.61. The maximum Gasteiger partial charge on any atom is 0.0537 e. The highest BCUT2D eigenvalue weighted by Gasteiger charge is 2.08. The van der Waals surface area contributed by atoms with E-state index in [1.54, 1.807) is 0 Å². The fourth-order valence-corrected chi connectivity index (χ4v) is 2.36. The molecule has 0 amide bonds. The third-order valence-electron chi connectivity index (χ3n) is 3.95. The molecule has 0 aliphatic carbocycles. The number of aromatic nitrogens is 2. The summed E-state index contributed by atoms with van der Waals surface area (Å²) in [6.45, 7) is 7.39. The molecule has 0 fully saturated rings. The molecule has 1 atom stereocenters. The molecular weight excluding hydrogens is 246 g/mol. The predicted octanol–water partition coefficient (Wildman–Crippen LogP) is 3.53. The molecule has 108 valence electrons. The van der Waals surface area contributed by atoms with Crippen LogP contribution < -0.4 is 5.32 Å². The predicted molar refractivity (Wildman–Crippen MR) is 83.6 cm³/mol. The second-order valence-corrected chi connectivity index (χ2v) is 5.47. The van der Waals surface area contributed by atoms with Crippen LogP contribution in [-0.4, -0.2) is 9.78 Å². The van der Waals surface area contributed by atoms with Gasteiger partial charge in [-0.25, -0.2) is 0 Å². The number of hydrogen-bond donors (Lipinski definition) is 1. The molecule has 0 radical (unpaired) electrons. The minimum Gasteiger partial charge on any atom is -0.306 e. The van der Waals surface area contributed by atoms with Crippen LogP contribution in [0.4, 0.5) is 0 Å². The molecular formula is C17H25N3. The van der Waals surface area contributed by atoms with E-state index in [1.165, 1.54) is 28.8 Å². The van der Waals surface area contributed by atoms with E-state index in [1.807, 2.05) is 17.9 Å². The first-order valence-electron chi connectivity index (χ1n) is 7.41. The Morgan fingerprint density at radius 2 is 1.95 bits per heavy atom. The van der Waals surface area contributed by atoms with E-state index in [2.05, 4.69) is 55.5 Å². The van der Waals surface area contributed by atoms with Crippen LogP contribution in [-0.2, 0) is 20.0 Å². The molecule has 1 N–H and O–H groups in total. The van der Waals surface area contributed by atoms with Crippen molar-refractivity contribution in [3.63, 3.8) is 0 Å². The summed E-state index contributed by atoms with van der Waals surface area (Å²) in [5, 5.41) is 7.84. The fraction of sp³-hybridized carbons (Fsp3) is 0.471. The van der Waals surface area contributed by atoms with E-state index in [0.29, 0.717) is 6.04 Å². The van der Waals surface area contributed by atoms with Gasteiger partial charge >= 0.3 is 0 Å². The molecule has 1 aromatic carbocycles. The van der Waals surface area contributed by atoms with Gasteiger partial charge in [0.05, 0.1) is 6.20 Å². The zero-order chi connectivity index (χ0) is 14.5. The van der Waals surface area contributed by atoms with Crippen molar-refractivity contribution in [3.8, 4) is 0 Å². The molecule has 1 aromatic heterocycles. The maximum atomic E-state index is 4.28. The van der Waals surface area contributed by atoms with E-state index in [4.69, 9.17) is 0 Å². The first kappa shape index (κ1) is 14.8. The maximum absolute atomic E-state index is 4.28. The third-order valence-corrected chi connectivity index (χ3v) is 3.95. The van der Waals surface area contributed by atoms with Gasteiger partial charge in [-0.1, -0.05) is 37.6 Å². The lowest BCUT2D eigenvalue weighted by Gasteiger charge is -2.14. The lowest BCUT2D eigenvalue weighted by molar-refractivity contribution is 0.572. The second kappa shape index (κ2) is 6.71. The summed E-state index contributed by atoms with van der Waals surface area (Å²) < 4.78 is 1.92. The zero-order valence-corrected chi connectivity index (χ0v) is 13.0. The Morgan fingerprint density at radius 3 is 2.50 bits per heavy atom. The summed E-state index contributed by atoms with van der Waals surface area (Å²) in [6, 6.07) is 9.31. The molecule has 0 bridgehead atoms. The SMILES string of the molecule is CCCc1ccc(C(C)NCc2cnn(C)c2C)cc1. The van der Waals surface area contributed by atoms with Gasteiger partial charge in [-0.2, -0.15) is 5.10 Å². The summed E-state index contributed by atoms with van der Waals surface area (Å²) in [5.41, 5.74) is 5.25. The summed E-state index contributed by atoms with van der Waals surface area (Å²) >= 11 is 0. The minimum absolute atomic E-state index is 0.352. The number of rotatable bonds is 6. The average molecular weight is 271 g/mol. The average Bonchev–Trinajstić information content (AvgIpc) is 2.77. The van der Waals surface area contributed by atoms with Gasteiger partial charge in [0.2, 0.25) is 0 Å².